The lowest BCUT2D eigenvalue weighted by molar-refractivity contribution is 0.415. The van der Waals surface area contributed by atoms with E-state index in [0.717, 1.165) is 33.6 Å². The molecular weight excluding hydrogens is 308 g/mol. The molecule has 3 rings (SSSR count). The van der Waals surface area contributed by atoms with Crippen molar-refractivity contribution in [2.75, 3.05) is 19.5 Å². The standard InChI is InChI=1S/C18H18N2O2S/c1-12-17(13-4-8-15(21-2)9-5-13)20-18(23-12)19-14-6-10-16(22-3)11-7-14/h4-11H,1-3H3,(H,19,20). The first-order valence-electron chi connectivity index (χ1n) is 7.22. The van der Waals surface area contributed by atoms with Crippen LogP contribution in [0, 0.1) is 6.92 Å². The third-order valence-electron chi connectivity index (χ3n) is 3.50. The normalized spacial score (nSPS) is 10.4. The van der Waals surface area contributed by atoms with E-state index >= 15 is 0 Å². The van der Waals surface area contributed by atoms with Gasteiger partial charge >= 0.3 is 0 Å². The molecule has 0 radical (unpaired) electrons. The topological polar surface area (TPSA) is 43.4 Å². The van der Waals surface area contributed by atoms with E-state index in [1.54, 1.807) is 25.6 Å². The average Bonchev–Trinajstić information content (AvgIpc) is 2.96. The van der Waals surface area contributed by atoms with Gasteiger partial charge in [-0.1, -0.05) is 0 Å². The van der Waals surface area contributed by atoms with Gasteiger partial charge in [-0.2, -0.15) is 0 Å². The van der Waals surface area contributed by atoms with Gasteiger partial charge in [-0.05, 0) is 55.5 Å². The Morgan fingerprint density at radius 3 is 2.00 bits per heavy atom. The first kappa shape index (κ1) is 15.4. The van der Waals surface area contributed by atoms with Crippen LogP contribution in [0.15, 0.2) is 48.5 Å². The number of hydrogen-bond donors (Lipinski definition) is 1. The van der Waals surface area contributed by atoms with Crippen LogP contribution in [0.5, 0.6) is 11.5 Å². The quantitative estimate of drug-likeness (QED) is 0.726. The summed E-state index contributed by atoms with van der Waals surface area (Å²) in [6, 6.07) is 15.7. The van der Waals surface area contributed by atoms with Crippen LogP contribution in [0.1, 0.15) is 4.88 Å². The van der Waals surface area contributed by atoms with Gasteiger partial charge in [0, 0.05) is 16.1 Å². The van der Waals surface area contributed by atoms with E-state index in [0.29, 0.717) is 0 Å². The molecule has 0 saturated carbocycles. The van der Waals surface area contributed by atoms with Crippen LogP contribution in [0.4, 0.5) is 10.8 Å². The molecule has 4 nitrogen and oxygen atoms in total. The maximum atomic E-state index is 5.20. The predicted molar refractivity (Wildman–Crippen MR) is 95.1 cm³/mol. The van der Waals surface area contributed by atoms with Crippen molar-refractivity contribution in [3.63, 3.8) is 0 Å². The van der Waals surface area contributed by atoms with Crippen molar-refractivity contribution in [2.24, 2.45) is 0 Å². The van der Waals surface area contributed by atoms with Crippen molar-refractivity contribution in [3.05, 3.63) is 53.4 Å². The Kier molecular flexibility index (Phi) is 4.48. The number of benzene rings is 2. The third kappa shape index (κ3) is 3.46. The van der Waals surface area contributed by atoms with Crippen LogP contribution >= 0.6 is 11.3 Å². The number of rotatable bonds is 5. The van der Waals surface area contributed by atoms with Crippen molar-refractivity contribution >= 4 is 22.2 Å². The fourth-order valence-electron chi connectivity index (χ4n) is 2.26. The summed E-state index contributed by atoms with van der Waals surface area (Å²) in [6.45, 7) is 2.08. The Balaban J connectivity index is 1.81. The molecule has 0 bridgehead atoms. The van der Waals surface area contributed by atoms with Crippen LogP contribution in [-0.2, 0) is 0 Å². The Labute approximate surface area is 139 Å². The molecular formula is C18H18N2O2S. The van der Waals surface area contributed by atoms with Gasteiger partial charge in [0.2, 0.25) is 0 Å². The number of hydrogen-bond acceptors (Lipinski definition) is 5. The summed E-state index contributed by atoms with van der Waals surface area (Å²) in [5.74, 6) is 1.68. The van der Waals surface area contributed by atoms with Crippen molar-refractivity contribution in [3.8, 4) is 22.8 Å². The second-order valence-corrected chi connectivity index (χ2v) is 6.21. The van der Waals surface area contributed by atoms with Gasteiger partial charge in [-0.3, -0.25) is 0 Å². The van der Waals surface area contributed by atoms with E-state index in [1.807, 2.05) is 48.5 Å². The molecule has 0 aliphatic heterocycles. The molecule has 5 heteroatoms. The van der Waals surface area contributed by atoms with Gasteiger partial charge in [-0.15, -0.1) is 11.3 Å². The minimum atomic E-state index is 0.838. The van der Waals surface area contributed by atoms with Gasteiger partial charge in [-0.25, -0.2) is 4.98 Å². The van der Waals surface area contributed by atoms with Crippen LogP contribution in [0.2, 0.25) is 0 Å². The Bertz CT molecular complexity index is 780. The monoisotopic (exact) mass is 326 g/mol. The lowest BCUT2D eigenvalue weighted by Crippen LogP contribution is -1.90. The molecule has 3 aromatic rings. The minimum absolute atomic E-state index is 0.838. The Morgan fingerprint density at radius 1 is 0.870 bits per heavy atom. The summed E-state index contributed by atoms with van der Waals surface area (Å²) in [5, 5.41) is 4.21. The predicted octanol–water partition coefficient (Wildman–Crippen LogP) is 4.88. The van der Waals surface area contributed by atoms with E-state index in [4.69, 9.17) is 14.5 Å². The number of thiazole rings is 1. The van der Waals surface area contributed by atoms with Gasteiger partial charge in [0.15, 0.2) is 5.13 Å². The summed E-state index contributed by atoms with van der Waals surface area (Å²) in [4.78, 5) is 5.88. The maximum absolute atomic E-state index is 5.20. The van der Waals surface area contributed by atoms with E-state index in [1.165, 1.54) is 4.88 Å². The molecule has 0 saturated heterocycles. The number of nitrogens with one attached hydrogen (secondary N) is 1. The SMILES string of the molecule is COc1ccc(Nc2nc(-c3ccc(OC)cc3)c(C)s2)cc1. The molecule has 1 heterocycles. The zero-order chi connectivity index (χ0) is 16.2. The van der Waals surface area contributed by atoms with Gasteiger partial charge in [0.05, 0.1) is 19.9 Å². The number of methoxy groups -OCH3 is 2. The summed E-state index contributed by atoms with van der Waals surface area (Å²) in [6.07, 6.45) is 0. The molecule has 0 fully saturated rings. The Hall–Kier alpha value is -2.53. The summed E-state index contributed by atoms with van der Waals surface area (Å²) >= 11 is 1.64. The maximum Gasteiger partial charge on any atom is 0.187 e. The molecule has 0 spiro atoms. The largest absolute Gasteiger partial charge is 0.497 e. The minimum Gasteiger partial charge on any atom is -0.497 e. The highest BCUT2D eigenvalue weighted by Gasteiger charge is 2.10. The number of ether oxygens (including phenoxy) is 2. The van der Waals surface area contributed by atoms with E-state index in [9.17, 15) is 0 Å². The second kappa shape index (κ2) is 6.71. The van der Waals surface area contributed by atoms with Crippen molar-refractivity contribution in [1.82, 2.24) is 4.98 Å². The Morgan fingerprint density at radius 2 is 1.43 bits per heavy atom. The molecule has 2 aromatic carbocycles. The molecule has 0 unspecified atom stereocenters. The van der Waals surface area contributed by atoms with Crippen molar-refractivity contribution in [2.45, 2.75) is 6.92 Å². The fraction of sp³-hybridized carbons (Fsp3) is 0.167. The molecule has 118 valence electrons. The van der Waals surface area contributed by atoms with Crippen molar-refractivity contribution in [1.29, 1.82) is 0 Å². The number of aromatic nitrogens is 1. The summed E-state index contributed by atoms with van der Waals surface area (Å²) < 4.78 is 10.4. The average molecular weight is 326 g/mol. The number of nitrogens with zero attached hydrogens (tertiary/aromatic N) is 1. The lowest BCUT2D eigenvalue weighted by Gasteiger charge is -2.04. The number of anilines is 2. The fourth-order valence-corrected chi connectivity index (χ4v) is 3.12. The van der Waals surface area contributed by atoms with Crippen LogP contribution in [0.25, 0.3) is 11.3 Å². The molecule has 1 aromatic heterocycles. The highest BCUT2D eigenvalue weighted by Crippen LogP contribution is 2.33. The molecule has 0 atom stereocenters. The van der Waals surface area contributed by atoms with Crippen LogP contribution in [0.3, 0.4) is 0 Å². The highest BCUT2D eigenvalue weighted by molar-refractivity contribution is 7.16. The van der Waals surface area contributed by atoms with E-state index in [2.05, 4.69) is 12.2 Å². The van der Waals surface area contributed by atoms with E-state index in [-0.39, 0.29) is 0 Å². The third-order valence-corrected chi connectivity index (χ3v) is 4.39. The zero-order valence-electron chi connectivity index (χ0n) is 13.3. The van der Waals surface area contributed by atoms with Crippen LogP contribution < -0.4 is 14.8 Å². The first-order valence-corrected chi connectivity index (χ1v) is 8.04. The smallest absolute Gasteiger partial charge is 0.187 e. The van der Waals surface area contributed by atoms with Gasteiger partial charge in [0.1, 0.15) is 11.5 Å². The van der Waals surface area contributed by atoms with E-state index < -0.39 is 0 Å². The molecule has 1 N–H and O–H groups in total. The van der Waals surface area contributed by atoms with Crippen LogP contribution in [-0.4, -0.2) is 19.2 Å². The molecule has 0 aliphatic carbocycles. The first-order chi connectivity index (χ1) is 11.2. The second-order valence-electron chi connectivity index (χ2n) is 5.01. The van der Waals surface area contributed by atoms with Gasteiger partial charge in [0.25, 0.3) is 0 Å². The lowest BCUT2D eigenvalue weighted by atomic mass is 10.1. The highest BCUT2D eigenvalue weighted by atomic mass is 32.1. The molecule has 0 aliphatic rings. The summed E-state index contributed by atoms with van der Waals surface area (Å²) in [7, 11) is 3.33. The molecule has 23 heavy (non-hydrogen) atoms. The van der Waals surface area contributed by atoms with Gasteiger partial charge < -0.3 is 14.8 Å². The molecule has 0 amide bonds. The number of aryl methyl sites for hydroxylation is 1. The summed E-state index contributed by atoms with van der Waals surface area (Å²) in [5.41, 5.74) is 3.07. The van der Waals surface area contributed by atoms with Crippen molar-refractivity contribution < 1.29 is 9.47 Å². The zero-order valence-corrected chi connectivity index (χ0v) is 14.1.